The number of nitrogens with zero attached hydrogens (tertiary/aromatic N) is 1. The van der Waals surface area contributed by atoms with Crippen LogP contribution in [0.15, 0.2) is 72.8 Å². The molecule has 5 nitrogen and oxygen atoms in total. The minimum atomic E-state index is -0.471. The van der Waals surface area contributed by atoms with Gasteiger partial charge in [-0.05, 0) is 31.0 Å². The van der Waals surface area contributed by atoms with E-state index in [4.69, 9.17) is 0 Å². The zero-order valence-corrected chi connectivity index (χ0v) is 15.2. The van der Waals surface area contributed by atoms with E-state index in [0.29, 0.717) is 11.1 Å². The van der Waals surface area contributed by atoms with E-state index in [1.165, 1.54) is 12.1 Å². The van der Waals surface area contributed by atoms with Crippen LogP contribution in [-0.4, -0.2) is 10.8 Å². The molecule has 0 saturated carbocycles. The molecule has 0 aromatic heterocycles. The molecule has 3 rings (SSSR count). The molecule has 0 spiro atoms. The number of carbonyl (C=O) groups excluding carboxylic acids is 1. The van der Waals surface area contributed by atoms with Crippen LogP contribution in [0.25, 0.3) is 0 Å². The summed E-state index contributed by atoms with van der Waals surface area (Å²) in [5, 5.41) is 14.2. The van der Waals surface area contributed by atoms with Crippen molar-refractivity contribution in [2.75, 3.05) is 0 Å². The Bertz CT molecular complexity index is 967. The minimum absolute atomic E-state index is 0.0609. The standard InChI is InChI=1S/C22H20N2O3/c1-15-11-13-18(14-12-15)21(17-7-4-3-5-8-17)23-22(25)19-9-6-10-20(16(19)2)24(26)27/h3-14,21H,1-2H3,(H,23,25). The van der Waals surface area contributed by atoms with Crippen molar-refractivity contribution >= 4 is 11.6 Å². The summed E-state index contributed by atoms with van der Waals surface area (Å²) in [4.78, 5) is 23.6. The van der Waals surface area contributed by atoms with E-state index in [1.807, 2.05) is 61.5 Å². The summed E-state index contributed by atoms with van der Waals surface area (Å²) in [5.41, 5.74) is 3.62. The Morgan fingerprint density at radius 3 is 2.15 bits per heavy atom. The first kappa shape index (κ1) is 18.3. The van der Waals surface area contributed by atoms with E-state index < -0.39 is 4.92 Å². The molecule has 27 heavy (non-hydrogen) atoms. The Balaban J connectivity index is 1.98. The predicted molar refractivity (Wildman–Crippen MR) is 105 cm³/mol. The SMILES string of the molecule is Cc1ccc(C(NC(=O)c2cccc([N+](=O)[O-])c2C)c2ccccc2)cc1. The number of amides is 1. The number of hydrogen-bond donors (Lipinski definition) is 1. The van der Waals surface area contributed by atoms with Gasteiger partial charge in [-0.2, -0.15) is 0 Å². The fourth-order valence-corrected chi connectivity index (χ4v) is 3.04. The summed E-state index contributed by atoms with van der Waals surface area (Å²) < 4.78 is 0. The molecule has 1 unspecified atom stereocenters. The average molecular weight is 360 g/mol. The molecule has 1 amide bonds. The van der Waals surface area contributed by atoms with E-state index in [0.717, 1.165) is 16.7 Å². The molecule has 0 heterocycles. The van der Waals surface area contributed by atoms with Crippen LogP contribution >= 0.6 is 0 Å². The van der Waals surface area contributed by atoms with E-state index in [1.54, 1.807) is 13.0 Å². The summed E-state index contributed by atoms with van der Waals surface area (Å²) in [7, 11) is 0. The van der Waals surface area contributed by atoms with Crippen molar-refractivity contribution in [3.8, 4) is 0 Å². The molecule has 1 N–H and O–H groups in total. The van der Waals surface area contributed by atoms with Crippen molar-refractivity contribution in [3.05, 3.63) is 111 Å². The second kappa shape index (κ2) is 7.83. The van der Waals surface area contributed by atoms with Gasteiger partial charge in [-0.25, -0.2) is 0 Å². The third-order valence-electron chi connectivity index (χ3n) is 4.57. The number of carbonyl (C=O) groups is 1. The Labute approximate surface area is 157 Å². The number of nitro benzene ring substituents is 1. The second-order valence-electron chi connectivity index (χ2n) is 6.43. The van der Waals surface area contributed by atoms with Crippen LogP contribution in [0.2, 0.25) is 0 Å². The van der Waals surface area contributed by atoms with Gasteiger partial charge in [0.15, 0.2) is 0 Å². The van der Waals surface area contributed by atoms with Crippen molar-refractivity contribution < 1.29 is 9.72 Å². The van der Waals surface area contributed by atoms with Gasteiger partial charge in [-0.1, -0.05) is 66.2 Å². The molecular weight excluding hydrogens is 340 g/mol. The Morgan fingerprint density at radius 1 is 0.889 bits per heavy atom. The van der Waals surface area contributed by atoms with Gasteiger partial charge in [-0.15, -0.1) is 0 Å². The van der Waals surface area contributed by atoms with E-state index in [2.05, 4.69) is 5.32 Å². The molecule has 0 aliphatic carbocycles. The fourth-order valence-electron chi connectivity index (χ4n) is 3.04. The molecule has 5 heteroatoms. The molecule has 1 atom stereocenters. The maximum absolute atomic E-state index is 12.9. The average Bonchev–Trinajstić information content (AvgIpc) is 2.67. The van der Waals surface area contributed by atoms with E-state index in [-0.39, 0.29) is 17.6 Å². The monoisotopic (exact) mass is 360 g/mol. The lowest BCUT2D eigenvalue weighted by molar-refractivity contribution is -0.385. The first-order valence-corrected chi connectivity index (χ1v) is 8.63. The molecule has 0 bridgehead atoms. The molecule has 0 fully saturated rings. The highest BCUT2D eigenvalue weighted by Gasteiger charge is 2.22. The van der Waals surface area contributed by atoms with Gasteiger partial charge in [0.2, 0.25) is 0 Å². The van der Waals surface area contributed by atoms with Crippen LogP contribution in [0.4, 0.5) is 5.69 Å². The molecule has 0 aliphatic heterocycles. The van der Waals surface area contributed by atoms with Crippen LogP contribution in [-0.2, 0) is 0 Å². The van der Waals surface area contributed by atoms with Crippen molar-refractivity contribution in [2.45, 2.75) is 19.9 Å². The van der Waals surface area contributed by atoms with Crippen molar-refractivity contribution in [2.24, 2.45) is 0 Å². The number of aryl methyl sites for hydroxylation is 1. The largest absolute Gasteiger partial charge is 0.341 e. The Hall–Kier alpha value is -3.47. The van der Waals surface area contributed by atoms with Gasteiger partial charge in [0.1, 0.15) is 0 Å². The van der Waals surface area contributed by atoms with Crippen LogP contribution in [0, 0.1) is 24.0 Å². The molecule has 3 aromatic carbocycles. The van der Waals surface area contributed by atoms with Crippen LogP contribution < -0.4 is 5.32 Å². The highest BCUT2D eigenvalue weighted by Crippen LogP contribution is 2.25. The van der Waals surface area contributed by atoms with Crippen molar-refractivity contribution in [1.82, 2.24) is 5.32 Å². The van der Waals surface area contributed by atoms with E-state index >= 15 is 0 Å². The second-order valence-corrected chi connectivity index (χ2v) is 6.43. The van der Waals surface area contributed by atoms with Gasteiger partial charge < -0.3 is 5.32 Å². The smallest absolute Gasteiger partial charge is 0.273 e. The van der Waals surface area contributed by atoms with Crippen LogP contribution in [0.3, 0.4) is 0 Å². The van der Waals surface area contributed by atoms with Gasteiger partial charge in [0.05, 0.1) is 11.0 Å². The lowest BCUT2D eigenvalue weighted by atomic mass is 9.97. The molecule has 0 radical (unpaired) electrons. The molecule has 0 saturated heterocycles. The Morgan fingerprint density at radius 2 is 1.52 bits per heavy atom. The summed E-state index contributed by atoms with van der Waals surface area (Å²) in [6.45, 7) is 3.60. The highest BCUT2D eigenvalue weighted by molar-refractivity contribution is 5.97. The van der Waals surface area contributed by atoms with Crippen LogP contribution in [0.5, 0.6) is 0 Å². The van der Waals surface area contributed by atoms with Crippen LogP contribution in [0.1, 0.15) is 38.7 Å². The summed E-state index contributed by atoms with van der Waals surface area (Å²) in [6.07, 6.45) is 0. The van der Waals surface area contributed by atoms with Crippen molar-refractivity contribution in [1.29, 1.82) is 0 Å². The van der Waals surface area contributed by atoms with E-state index in [9.17, 15) is 14.9 Å². The molecule has 136 valence electrons. The summed E-state index contributed by atoms with van der Waals surface area (Å²) >= 11 is 0. The highest BCUT2D eigenvalue weighted by atomic mass is 16.6. The molecule has 3 aromatic rings. The normalized spacial score (nSPS) is 11.6. The zero-order valence-electron chi connectivity index (χ0n) is 15.2. The molecule has 0 aliphatic rings. The number of hydrogen-bond acceptors (Lipinski definition) is 3. The maximum Gasteiger partial charge on any atom is 0.273 e. The lowest BCUT2D eigenvalue weighted by Crippen LogP contribution is -2.30. The topological polar surface area (TPSA) is 72.2 Å². The number of benzene rings is 3. The predicted octanol–water partition coefficient (Wildman–Crippen LogP) is 4.73. The van der Waals surface area contributed by atoms with Gasteiger partial charge in [-0.3, -0.25) is 14.9 Å². The van der Waals surface area contributed by atoms with Gasteiger partial charge in [0, 0.05) is 17.2 Å². The Kier molecular flexibility index (Phi) is 5.31. The third kappa shape index (κ3) is 4.03. The number of nitro groups is 1. The third-order valence-corrected chi connectivity index (χ3v) is 4.57. The van der Waals surface area contributed by atoms with Gasteiger partial charge >= 0.3 is 0 Å². The first-order chi connectivity index (χ1) is 13.0. The minimum Gasteiger partial charge on any atom is -0.341 e. The number of nitrogens with one attached hydrogen (secondary N) is 1. The summed E-state index contributed by atoms with van der Waals surface area (Å²) in [5.74, 6) is -0.342. The quantitative estimate of drug-likeness (QED) is 0.528. The fraction of sp³-hybridized carbons (Fsp3) is 0.136. The molecular formula is C22H20N2O3. The van der Waals surface area contributed by atoms with Gasteiger partial charge in [0.25, 0.3) is 11.6 Å². The maximum atomic E-state index is 12.9. The lowest BCUT2D eigenvalue weighted by Gasteiger charge is -2.20. The van der Waals surface area contributed by atoms with Crippen molar-refractivity contribution in [3.63, 3.8) is 0 Å². The summed E-state index contributed by atoms with van der Waals surface area (Å²) in [6, 6.07) is 21.8. The first-order valence-electron chi connectivity index (χ1n) is 8.63. The zero-order chi connectivity index (χ0) is 19.4. The number of rotatable bonds is 5.